The Bertz CT molecular complexity index is 1240. The molecule has 3 aromatic rings. The zero-order valence-corrected chi connectivity index (χ0v) is 21.7. The number of thioether (sulfide) groups is 1. The van der Waals surface area contributed by atoms with Crippen LogP contribution in [-0.4, -0.2) is 30.5 Å². The highest BCUT2D eigenvalue weighted by molar-refractivity contribution is 8.01. The lowest BCUT2D eigenvalue weighted by Gasteiger charge is -2.22. The maximum atomic E-state index is 14.2. The van der Waals surface area contributed by atoms with Crippen molar-refractivity contribution >= 4 is 17.7 Å². The highest BCUT2D eigenvalue weighted by atomic mass is 32.2. The van der Waals surface area contributed by atoms with Crippen LogP contribution in [0.4, 0.5) is 4.39 Å². The van der Waals surface area contributed by atoms with Crippen LogP contribution in [-0.2, 0) is 31.0 Å². The van der Waals surface area contributed by atoms with Crippen molar-refractivity contribution in [1.29, 1.82) is 0 Å². The Labute approximate surface area is 215 Å². The molecule has 1 aromatic carbocycles. The molecular formula is C28H32FN3O3S. The summed E-state index contributed by atoms with van der Waals surface area (Å²) < 4.78 is 20.7. The fraction of sp³-hybridized carbons (Fsp3) is 0.357. The first-order valence-electron chi connectivity index (χ1n) is 12.0. The minimum absolute atomic E-state index is 0.0556. The Hall–Kier alpha value is -3.10. The highest BCUT2D eigenvalue weighted by Gasteiger charge is 2.28. The SMILES string of the molecule is Cc1cn(CC2=C(F)CCC=C2)nc1CN(Cc1ccc(SC(C)(C)C(=O)O)cc1)Cc1ccco1. The molecule has 0 radical (unpaired) electrons. The van der Waals surface area contributed by atoms with E-state index in [-0.39, 0.29) is 5.83 Å². The van der Waals surface area contributed by atoms with E-state index in [1.54, 1.807) is 20.1 Å². The molecule has 0 aliphatic heterocycles. The standard InChI is InChI=1S/C28H32FN3O3S/c1-20-15-32(17-22-7-4-5-9-25(22)29)30-26(20)19-31(18-23-8-6-14-35-23)16-21-10-12-24(13-11-21)36-28(2,3)27(33)34/h4,6-8,10-15H,5,9,16-19H2,1-3H3,(H,33,34). The molecule has 36 heavy (non-hydrogen) atoms. The average molecular weight is 510 g/mol. The number of hydrogen-bond donors (Lipinski definition) is 1. The van der Waals surface area contributed by atoms with Crippen molar-refractivity contribution < 1.29 is 18.7 Å². The van der Waals surface area contributed by atoms with Gasteiger partial charge in [0.2, 0.25) is 0 Å². The van der Waals surface area contributed by atoms with E-state index in [9.17, 15) is 14.3 Å². The minimum Gasteiger partial charge on any atom is -0.480 e. The van der Waals surface area contributed by atoms with E-state index in [4.69, 9.17) is 9.52 Å². The smallest absolute Gasteiger partial charge is 0.319 e. The van der Waals surface area contributed by atoms with Crippen molar-refractivity contribution in [1.82, 2.24) is 14.7 Å². The number of aliphatic carboxylic acids is 1. The molecule has 0 saturated heterocycles. The first-order chi connectivity index (χ1) is 17.2. The molecule has 0 fully saturated rings. The summed E-state index contributed by atoms with van der Waals surface area (Å²) in [5, 5.41) is 14.2. The van der Waals surface area contributed by atoms with Gasteiger partial charge in [0.15, 0.2) is 0 Å². The Morgan fingerprint density at radius 3 is 2.67 bits per heavy atom. The van der Waals surface area contributed by atoms with Gasteiger partial charge in [-0.15, -0.1) is 11.8 Å². The summed E-state index contributed by atoms with van der Waals surface area (Å²) >= 11 is 1.33. The number of allylic oxidation sites excluding steroid dienone is 4. The van der Waals surface area contributed by atoms with E-state index in [1.807, 2.05) is 66.4 Å². The van der Waals surface area contributed by atoms with Crippen LogP contribution in [0.25, 0.3) is 0 Å². The van der Waals surface area contributed by atoms with Crippen LogP contribution < -0.4 is 0 Å². The van der Waals surface area contributed by atoms with Crippen LogP contribution in [0.15, 0.2) is 81.7 Å². The van der Waals surface area contributed by atoms with Crippen LogP contribution >= 0.6 is 11.8 Å². The number of carboxylic acid groups (broad SMARTS) is 1. The number of furan rings is 1. The fourth-order valence-corrected chi connectivity index (χ4v) is 5.01. The Morgan fingerprint density at radius 1 is 1.22 bits per heavy atom. The van der Waals surface area contributed by atoms with Crippen LogP contribution in [0.3, 0.4) is 0 Å². The predicted octanol–water partition coefficient (Wildman–Crippen LogP) is 6.52. The highest BCUT2D eigenvalue weighted by Crippen LogP contribution is 2.33. The molecule has 4 rings (SSSR count). The van der Waals surface area contributed by atoms with E-state index in [2.05, 4.69) is 4.90 Å². The number of aromatic nitrogens is 2. The second-order valence-electron chi connectivity index (χ2n) is 9.61. The topological polar surface area (TPSA) is 71.5 Å². The van der Waals surface area contributed by atoms with Crippen LogP contribution in [0.1, 0.15) is 49.3 Å². The lowest BCUT2D eigenvalue weighted by molar-refractivity contribution is -0.138. The van der Waals surface area contributed by atoms with Crippen LogP contribution in [0.5, 0.6) is 0 Å². The van der Waals surface area contributed by atoms with E-state index in [1.165, 1.54) is 11.8 Å². The first kappa shape index (κ1) is 26.0. The molecule has 1 N–H and O–H groups in total. The molecule has 190 valence electrons. The molecule has 0 spiro atoms. The second kappa shape index (κ2) is 11.3. The molecular weight excluding hydrogens is 477 g/mol. The van der Waals surface area contributed by atoms with Crippen molar-refractivity contribution in [3.8, 4) is 0 Å². The quantitative estimate of drug-likeness (QED) is 0.297. The van der Waals surface area contributed by atoms with Gasteiger partial charge in [0, 0.05) is 36.2 Å². The van der Waals surface area contributed by atoms with Gasteiger partial charge >= 0.3 is 5.97 Å². The summed E-state index contributed by atoms with van der Waals surface area (Å²) in [4.78, 5) is 14.6. The maximum absolute atomic E-state index is 14.2. The van der Waals surface area contributed by atoms with Crippen molar-refractivity contribution in [3.05, 3.63) is 95.0 Å². The molecule has 0 amide bonds. The van der Waals surface area contributed by atoms with Crippen LogP contribution in [0.2, 0.25) is 0 Å². The summed E-state index contributed by atoms with van der Waals surface area (Å²) in [5.74, 6) is -0.0309. The molecule has 0 atom stereocenters. The molecule has 0 saturated carbocycles. The monoisotopic (exact) mass is 509 g/mol. The van der Waals surface area contributed by atoms with Crippen molar-refractivity contribution in [2.24, 2.45) is 0 Å². The van der Waals surface area contributed by atoms with Gasteiger partial charge in [-0.3, -0.25) is 14.4 Å². The summed E-state index contributed by atoms with van der Waals surface area (Å²) in [6.07, 6.45) is 8.72. The largest absolute Gasteiger partial charge is 0.480 e. The first-order valence-corrected chi connectivity index (χ1v) is 12.8. The molecule has 0 unspecified atom stereocenters. The Balaban J connectivity index is 1.48. The fourth-order valence-electron chi connectivity index (χ4n) is 4.06. The number of halogens is 1. The summed E-state index contributed by atoms with van der Waals surface area (Å²) in [6.45, 7) is 7.76. The lowest BCUT2D eigenvalue weighted by atomic mass is 10.1. The van der Waals surface area contributed by atoms with Gasteiger partial charge in [0.25, 0.3) is 0 Å². The van der Waals surface area contributed by atoms with Crippen molar-refractivity contribution in [2.45, 2.75) is 69.4 Å². The van der Waals surface area contributed by atoms with Gasteiger partial charge < -0.3 is 9.52 Å². The number of nitrogens with zero attached hydrogens (tertiary/aromatic N) is 3. The van der Waals surface area contributed by atoms with Crippen molar-refractivity contribution in [3.63, 3.8) is 0 Å². The van der Waals surface area contributed by atoms with E-state index < -0.39 is 10.7 Å². The third kappa shape index (κ3) is 6.77. The van der Waals surface area contributed by atoms with Crippen molar-refractivity contribution in [2.75, 3.05) is 0 Å². The zero-order valence-electron chi connectivity index (χ0n) is 20.9. The average Bonchev–Trinajstić information content (AvgIpc) is 3.46. The van der Waals surface area contributed by atoms with E-state index in [0.717, 1.165) is 33.9 Å². The third-order valence-electron chi connectivity index (χ3n) is 6.13. The summed E-state index contributed by atoms with van der Waals surface area (Å²) in [7, 11) is 0. The van der Waals surface area contributed by atoms with Gasteiger partial charge in [-0.25, -0.2) is 4.39 Å². The molecule has 1 aliphatic carbocycles. The number of rotatable bonds is 11. The summed E-state index contributed by atoms with van der Waals surface area (Å²) in [5.41, 5.74) is 3.79. The van der Waals surface area contributed by atoms with Gasteiger partial charge in [-0.05, 0) is 62.6 Å². The molecule has 2 heterocycles. The Kier molecular flexibility index (Phi) is 8.16. The van der Waals surface area contributed by atoms with Gasteiger partial charge in [-0.1, -0.05) is 24.3 Å². The number of benzene rings is 1. The number of hydrogen-bond acceptors (Lipinski definition) is 5. The normalized spacial score (nSPS) is 14.1. The molecule has 2 aromatic heterocycles. The van der Waals surface area contributed by atoms with Crippen LogP contribution in [0, 0.1) is 6.92 Å². The van der Waals surface area contributed by atoms with Gasteiger partial charge in [-0.2, -0.15) is 5.10 Å². The van der Waals surface area contributed by atoms with Gasteiger partial charge in [0.1, 0.15) is 16.3 Å². The van der Waals surface area contributed by atoms with E-state index in [0.29, 0.717) is 38.2 Å². The number of carboxylic acids is 1. The second-order valence-corrected chi connectivity index (χ2v) is 11.3. The number of carbonyl (C=O) groups is 1. The molecule has 8 heteroatoms. The maximum Gasteiger partial charge on any atom is 0.319 e. The molecule has 0 bridgehead atoms. The lowest BCUT2D eigenvalue weighted by Crippen LogP contribution is -2.26. The minimum atomic E-state index is -0.893. The zero-order chi connectivity index (χ0) is 25.7. The Morgan fingerprint density at radius 2 is 2.00 bits per heavy atom. The molecule has 6 nitrogen and oxygen atoms in total. The predicted molar refractivity (Wildman–Crippen MR) is 139 cm³/mol. The number of aryl methyl sites for hydroxylation is 1. The molecule has 1 aliphatic rings. The summed E-state index contributed by atoms with van der Waals surface area (Å²) in [6, 6.07) is 11.8. The van der Waals surface area contributed by atoms with E-state index >= 15 is 0 Å². The van der Waals surface area contributed by atoms with Gasteiger partial charge in [0.05, 0.1) is 25.0 Å². The third-order valence-corrected chi connectivity index (χ3v) is 7.32.